The summed E-state index contributed by atoms with van der Waals surface area (Å²) in [7, 11) is 0. The van der Waals surface area contributed by atoms with E-state index in [1.54, 1.807) is 0 Å². The van der Waals surface area contributed by atoms with Gasteiger partial charge >= 0.3 is 0 Å². The molecule has 2 heteroatoms. The number of rotatable bonds is 2. The van der Waals surface area contributed by atoms with Crippen LogP contribution in [0.4, 0.5) is 0 Å². The second-order valence-electron chi connectivity index (χ2n) is 2.13. The maximum atomic E-state index is 2.49. The van der Waals surface area contributed by atoms with Crippen molar-refractivity contribution >= 4 is 32.9 Å². The molecule has 0 nitrogen and oxygen atoms in total. The third-order valence-electron chi connectivity index (χ3n) is 1.28. The van der Waals surface area contributed by atoms with Crippen LogP contribution in [0, 0.1) is 0 Å². The minimum atomic E-state index is -0.0863. The molecule has 0 saturated carbocycles. The molecular formula is C9H10IP. The smallest absolute Gasteiger partial charge is 0.0137 e. The van der Waals surface area contributed by atoms with Gasteiger partial charge in [0, 0.05) is 5.56 Å². The van der Waals surface area contributed by atoms with Crippen LogP contribution < -0.4 is 5.30 Å². The van der Waals surface area contributed by atoms with E-state index >= 15 is 0 Å². The van der Waals surface area contributed by atoms with E-state index in [2.05, 4.69) is 71.2 Å². The minimum absolute atomic E-state index is 0.0863. The SMILES string of the molecule is C/C=C/P(I)c1ccccc1. The number of hydrogen-bond acceptors (Lipinski definition) is 0. The van der Waals surface area contributed by atoms with E-state index < -0.39 is 0 Å². The molecule has 0 heterocycles. The van der Waals surface area contributed by atoms with Gasteiger partial charge in [0.1, 0.15) is 0 Å². The lowest BCUT2D eigenvalue weighted by Crippen LogP contribution is -1.91. The highest BCUT2D eigenvalue weighted by molar-refractivity contribution is 14.2. The van der Waals surface area contributed by atoms with Crippen molar-refractivity contribution in [3.8, 4) is 0 Å². The summed E-state index contributed by atoms with van der Waals surface area (Å²) in [6, 6.07) is 10.6. The van der Waals surface area contributed by atoms with Crippen molar-refractivity contribution in [3.63, 3.8) is 0 Å². The second-order valence-corrected chi connectivity index (χ2v) is 6.68. The normalized spacial score (nSPS) is 13.6. The summed E-state index contributed by atoms with van der Waals surface area (Å²) >= 11 is 2.49. The van der Waals surface area contributed by atoms with Crippen molar-refractivity contribution in [2.45, 2.75) is 6.92 Å². The summed E-state index contributed by atoms with van der Waals surface area (Å²) in [4.78, 5) is 0. The minimum Gasteiger partial charge on any atom is -0.0861 e. The van der Waals surface area contributed by atoms with E-state index in [-0.39, 0.29) is 5.56 Å². The van der Waals surface area contributed by atoms with Gasteiger partial charge in [0.25, 0.3) is 0 Å². The van der Waals surface area contributed by atoms with Crippen LogP contribution in [0.2, 0.25) is 0 Å². The van der Waals surface area contributed by atoms with Gasteiger partial charge in [-0.1, -0.05) is 42.2 Å². The maximum Gasteiger partial charge on any atom is 0.0137 e. The average Bonchev–Trinajstić information content (AvgIpc) is 2.07. The molecule has 1 rings (SSSR count). The Balaban J connectivity index is 2.76. The summed E-state index contributed by atoms with van der Waals surface area (Å²) in [6.07, 6.45) is 2.12. The van der Waals surface area contributed by atoms with Gasteiger partial charge in [0.2, 0.25) is 0 Å². The van der Waals surface area contributed by atoms with Gasteiger partial charge < -0.3 is 0 Å². The lowest BCUT2D eigenvalue weighted by Gasteiger charge is -2.02. The van der Waals surface area contributed by atoms with Gasteiger partial charge in [-0.2, -0.15) is 0 Å². The third-order valence-corrected chi connectivity index (χ3v) is 5.27. The number of benzene rings is 1. The highest BCUT2D eigenvalue weighted by Gasteiger charge is 1.98. The first-order valence-corrected chi connectivity index (χ1v) is 7.67. The zero-order valence-electron chi connectivity index (χ0n) is 6.37. The number of allylic oxidation sites excluding steroid dienone is 1. The molecule has 0 N–H and O–H groups in total. The molecular weight excluding hydrogens is 266 g/mol. The lowest BCUT2D eigenvalue weighted by molar-refractivity contribution is 1.77. The van der Waals surface area contributed by atoms with Gasteiger partial charge in [-0.25, -0.2) is 0 Å². The first kappa shape index (κ1) is 9.21. The van der Waals surface area contributed by atoms with Crippen molar-refractivity contribution < 1.29 is 0 Å². The van der Waals surface area contributed by atoms with Gasteiger partial charge in [-0.05, 0) is 34.3 Å². The largest absolute Gasteiger partial charge is 0.0861 e. The molecule has 1 aromatic carbocycles. The van der Waals surface area contributed by atoms with Gasteiger partial charge in [-0.15, -0.1) is 0 Å². The Morgan fingerprint density at radius 2 is 1.91 bits per heavy atom. The monoisotopic (exact) mass is 276 g/mol. The van der Waals surface area contributed by atoms with Crippen molar-refractivity contribution in [1.29, 1.82) is 0 Å². The van der Waals surface area contributed by atoms with Gasteiger partial charge in [0.15, 0.2) is 0 Å². The zero-order chi connectivity index (χ0) is 8.10. The Kier molecular flexibility index (Phi) is 4.09. The number of halogens is 1. The third kappa shape index (κ3) is 2.92. The van der Waals surface area contributed by atoms with Crippen LogP contribution in [-0.4, -0.2) is 0 Å². The fourth-order valence-corrected chi connectivity index (χ4v) is 3.61. The van der Waals surface area contributed by atoms with Gasteiger partial charge in [0.05, 0.1) is 0 Å². The second kappa shape index (κ2) is 4.89. The maximum absolute atomic E-state index is 2.49. The molecule has 11 heavy (non-hydrogen) atoms. The van der Waals surface area contributed by atoms with Crippen LogP contribution >= 0.6 is 27.6 Å². The molecule has 0 spiro atoms. The quantitative estimate of drug-likeness (QED) is 0.571. The van der Waals surface area contributed by atoms with Gasteiger partial charge in [-0.3, -0.25) is 0 Å². The summed E-state index contributed by atoms with van der Waals surface area (Å²) < 4.78 is 0. The highest BCUT2D eigenvalue weighted by atomic mass is 127. The van der Waals surface area contributed by atoms with Crippen LogP contribution in [0.5, 0.6) is 0 Å². The molecule has 1 unspecified atom stereocenters. The van der Waals surface area contributed by atoms with Crippen molar-refractivity contribution in [1.82, 2.24) is 0 Å². The van der Waals surface area contributed by atoms with E-state index in [4.69, 9.17) is 0 Å². The fourth-order valence-electron chi connectivity index (χ4n) is 0.787. The molecule has 58 valence electrons. The van der Waals surface area contributed by atoms with Crippen LogP contribution in [0.3, 0.4) is 0 Å². The first-order chi connectivity index (χ1) is 5.34. The molecule has 0 saturated heterocycles. The molecule has 0 bridgehead atoms. The average molecular weight is 276 g/mol. The Labute approximate surface area is 81.9 Å². The predicted molar refractivity (Wildman–Crippen MR) is 61.8 cm³/mol. The molecule has 1 aromatic rings. The molecule has 0 fully saturated rings. The van der Waals surface area contributed by atoms with Crippen molar-refractivity contribution in [3.05, 3.63) is 42.2 Å². The summed E-state index contributed by atoms with van der Waals surface area (Å²) in [5.74, 6) is 2.26. The van der Waals surface area contributed by atoms with Crippen molar-refractivity contribution in [2.24, 2.45) is 0 Å². The molecule has 0 aliphatic rings. The molecule has 0 aliphatic carbocycles. The Morgan fingerprint density at radius 1 is 1.27 bits per heavy atom. The highest BCUT2D eigenvalue weighted by Crippen LogP contribution is 2.44. The Bertz CT molecular complexity index is 231. The lowest BCUT2D eigenvalue weighted by atomic mass is 10.4. The Morgan fingerprint density at radius 3 is 2.45 bits per heavy atom. The summed E-state index contributed by atoms with van der Waals surface area (Å²) in [6.45, 7) is 2.07. The van der Waals surface area contributed by atoms with E-state index in [0.29, 0.717) is 0 Å². The first-order valence-electron chi connectivity index (χ1n) is 3.47. The molecule has 0 radical (unpaired) electrons. The molecule has 0 aromatic heterocycles. The van der Waals surface area contributed by atoms with Crippen LogP contribution in [-0.2, 0) is 0 Å². The van der Waals surface area contributed by atoms with Crippen LogP contribution in [0.25, 0.3) is 0 Å². The summed E-state index contributed by atoms with van der Waals surface area (Å²) in [5.41, 5.74) is -0.0863. The Hall–Kier alpha value is 0.120. The predicted octanol–water partition coefficient (Wildman–Crippen LogP) is 3.68. The summed E-state index contributed by atoms with van der Waals surface area (Å²) in [5, 5.41) is 1.43. The van der Waals surface area contributed by atoms with E-state index in [1.807, 2.05) is 0 Å². The van der Waals surface area contributed by atoms with E-state index in [9.17, 15) is 0 Å². The standard InChI is InChI=1S/C9H10IP/c1-2-8-11(10)9-6-4-3-5-7-9/h2-8H,1H3/b8-2+. The van der Waals surface area contributed by atoms with E-state index in [1.165, 1.54) is 5.30 Å². The zero-order valence-corrected chi connectivity index (χ0v) is 9.42. The van der Waals surface area contributed by atoms with Crippen LogP contribution in [0.15, 0.2) is 42.2 Å². The molecule has 0 aliphatic heterocycles. The van der Waals surface area contributed by atoms with Crippen LogP contribution in [0.1, 0.15) is 6.92 Å². The number of hydrogen-bond donors (Lipinski definition) is 0. The topological polar surface area (TPSA) is 0 Å². The molecule has 0 amide bonds. The fraction of sp³-hybridized carbons (Fsp3) is 0.111. The molecule has 1 atom stereocenters. The van der Waals surface area contributed by atoms with Crippen molar-refractivity contribution in [2.75, 3.05) is 0 Å². The van der Waals surface area contributed by atoms with E-state index in [0.717, 1.165) is 0 Å².